The Hall–Kier alpha value is -4.77. The molecule has 0 saturated heterocycles. The Balaban J connectivity index is 1.82. The second-order valence-electron chi connectivity index (χ2n) is 8.92. The fraction of sp³-hybridized carbons (Fsp3) is 0.207. The van der Waals surface area contributed by atoms with Crippen LogP contribution in [0.2, 0.25) is 0 Å². The van der Waals surface area contributed by atoms with E-state index in [2.05, 4.69) is 4.99 Å². The third-order valence-electron chi connectivity index (χ3n) is 6.64. The van der Waals surface area contributed by atoms with Crippen LogP contribution in [0.3, 0.4) is 0 Å². The first-order valence-corrected chi connectivity index (χ1v) is 13.2. The van der Waals surface area contributed by atoms with Gasteiger partial charge in [0.25, 0.3) is 11.2 Å². The van der Waals surface area contributed by atoms with Gasteiger partial charge in [-0.1, -0.05) is 23.5 Å². The average molecular weight is 560 g/mol. The average Bonchev–Trinajstić information content (AvgIpc) is 3.25. The van der Waals surface area contributed by atoms with E-state index in [-0.39, 0.29) is 23.4 Å². The van der Waals surface area contributed by atoms with E-state index in [0.717, 1.165) is 10.8 Å². The summed E-state index contributed by atoms with van der Waals surface area (Å²) >= 11 is 1.17. The number of esters is 1. The molecule has 1 aliphatic rings. The Morgan fingerprint density at radius 2 is 1.85 bits per heavy atom. The van der Waals surface area contributed by atoms with Gasteiger partial charge in [-0.15, -0.1) is 0 Å². The molecule has 11 heteroatoms. The number of nitrogens with zero attached hydrogens (tertiary/aromatic N) is 3. The van der Waals surface area contributed by atoms with E-state index in [0.29, 0.717) is 37.7 Å². The third kappa shape index (κ3) is 4.64. The van der Waals surface area contributed by atoms with Crippen molar-refractivity contribution < 1.29 is 23.9 Å². The molecular formula is C29H25N3O7S. The molecule has 40 heavy (non-hydrogen) atoms. The summed E-state index contributed by atoms with van der Waals surface area (Å²) in [6.07, 6.45) is 1.65. The van der Waals surface area contributed by atoms with Gasteiger partial charge < -0.3 is 14.2 Å². The Labute approximate surface area is 232 Å². The number of nitro groups is 1. The number of allylic oxidation sites excluding steroid dienone is 1. The number of rotatable bonds is 7. The number of ether oxygens (including phenoxy) is 3. The minimum atomic E-state index is -0.903. The summed E-state index contributed by atoms with van der Waals surface area (Å²) in [5.74, 6) is 0.499. The molecule has 1 aromatic heterocycles. The lowest BCUT2D eigenvalue weighted by Crippen LogP contribution is -2.40. The van der Waals surface area contributed by atoms with Crippen molar-refractivity contribution in [1.82, 2.24) is 4.57 Å². The maximum Gasteiger partial charge on any atom is 0.338 e. The second-order valence-corrected chi connectivity index (χ2v) is 9.93. The summed E-state index contributed by atoms with van der Waals surface area (Å²) in [6, 6.07) is 14.3. The Morgan fingerprint density at radius 3 is 2.50 bits per heavy atom. The van der Waals surface area contributed by atoms with E-state index in [1.54, 1.807) is 45.2 Å². The minimum Gasteiger partial charge on any atom is -0.497 e. The van der Waals surface area contributed by atoms with Crippen molar-refractivity contribution in [1.29, 1.82) is 0 Å². The van der Waals surface area contributed by atoms with E-state index in [1.165, 1.54) is 35.1 Å². The molecule has 0 radical (unpaired) electrons. The van der Waals surface area contributed by atoms with Gasteiger partial charge in [-0.05, 0) is 66.6 Å². The quantitative estimate of drug-likeness (QED) is 0.191. The van der Waals surface area contributed by atoms with E-state index in [1.807, 2.05) is 24.3 Å². The molecule has 0 amide bonds. The number of thiazole rings is 1. The maximum absolute atomic E-state index is 14.0. The van der Waals surface area contributed by atoms with Gasteiger partial charge in [0.15, 0.2) is 4.80 Å². The fourth-order valence-corrected chi connectivity index (χ4v) is 5.84. The Morgan fingerprint density at radius 1 is 1.12 bits per heavy atom. The van der Waals surface area contributed by atoms with Gasteiger partial charge in [-0.2, -0.15) is 0 Å². The topological polar surface area (TPSA) is 122 Å². The lowest BCUT2D eigenvalue weighted by Gasteiger charge is -2.27. The Bertz CT molecular complexity index is 1870. The molecule has 1 aliphatic heterocycles. The second kappa shape index (κ2) is 10.8. The number of carbonyl (C=O) groups excluding carboxylic acids is 1. The molecule has 0 aliphatic carbocycles. The number of fused-ring (bicyclic) bond motifs is 2. The van der Waals surface area contributed by atoms with Crippen LogP contribution in [0.4, 0.5) is 5.69 Å². The standard InChI is InChI=1S/C29H25N3O7S/c1-5-39-28(34)24-16(2)30-29-31(27(33)23(40-29)14-17-6-10-19(11-7-17)32(35)36)26(24)25-21-15-20(37-3)12-8-18(21)9-13-22(25)38-4/h6-15,26H,5H2,1-4H3/b23-14-. The summed E-state index contributed by atoms with van der Waals surface area (Å²) in [5, 5.41) is 12.7. The zero-order chi connectivity index (χ0) is 28.6. The predicted molar refractivity (Wildman–Crippen MR) is 151 cm³/mol. The van der Waals surface area contributed by atoms with Crippen molar-refractivity contribution in [3.63, 3.8) is 0 Å². The van der Waals surface area contributed by atoms with Crippen LogP contribution >= 0.6 is 11.3 Å². The van der Waals surface area contributed by atoms with Crippen LogP contribution in [0.15, 0.2) is 75.7 Å². The van der Waals surface area contributed by atoms with E-state index in [4.69, 9.17) is 14.2 Å². The smallest absolute Gasteiger partial charge is 0.338 e. The molecule has 0 N–H and O–H groups in total. The number of methoxy groups -OCH3 is 2. The zero-order valence-electron chi connectivity index (χ0n) is 22.2. The molecule has 0 saturated carbocycles. The first kappa shape index (κ1) is 26.8. The van der Waals surface area contributed by atoms with Crippen LogP contribution in [0.1, 0.15) is 31.0 Å². The molecule has 5 rings (SSSR count). The van der Waals surface area contributed by atoms with Crippen LogP contribution in [0, 0.1) is 10.1 Å². The largest absolute Gasteiger partial charge is 0.497 e. The predicted octanol–water partition coefficient (Wildman–Crippen LogP) is 3.88. The highest BCUT2D eigenvalue weighted by Gasteiger charge is 2.36. The highest BCUT2D eigenvalue weighted by molar-refractivity contribution is 7.07. The minimum absolute atomic E-state index is 0.0493. The van der Waals surface area contributed by atoms with Crippen LogP contribution in [-0.4, -0.2) is 36.3 Å². The van der Waals surface area contributed by atoms with Crippen LogP contribution in [0.5, 0.6) is 11.5 Å². The van der Waals surface area contributed by atoms with Crippen molar-refractivity contribution in [3.05, 3.63) is 107 Å². The number of hydrogen-bond donors (Lipinski definition) is 0. The number of benzene rings is 3. The van der Waals surface area contributed by atoms with Crippen LogP contribution in [-0.2, 0) is 9.53 Å². The van der Waals surface area contributed by atoms with E-state index < -0.39 is 16.9 Å². The van der Waals surface area contributed by atoms with Crippen molar-refractivity contribution in [3.8, 4) is 11.5 Å². The SMILES string of the molecule is CCOC(=O)C1=C(C)N=c2s/c(=C\c3ccc([N+](=O)[O-])cc3)c(=O)n2C1c1c(OC)ccc2ccc(OC)cc12. The zero-order valence-corrected chi connectivity index (χ0v) is 23.0. The number of hydrogen-bond acceptors (Lipinski definition) is 9. The summed E-state index contributed by atoms with van der Waals surface area (Å²) in [4.78, 5) is 43.0. The molecule has 0 fully saturated rings. The molecule has 0 spiro atoms. The van der Waals surface area contributed by atoms with Crippen LogP contribution in [0.25, 0.3) is 16.8 Å². The molecule has 4 aromatic rings. The van der Waals surface area contributed by atoms with Gasteiger partial charge >= 0.3 is 5.97 Å². The van der Waals surface area contributed by atoms with Crippen molar-refractivity contribution in [2.24, 2.45) is 4.99 Å². The van der Waals surface area contributed by atoms with Gasteiger partial charge in [-0.3, -0.25) is 19.5 Å². The van der Waals surface area contributed by atoms with E-state index >= 15 is 0 Å². The normalized spacial score (nSPS) is 15.0. The number of nitro benzene ring substituents is 1. The lowest BCUT2D eigenvalue weighted by molar-refractivity contribution is -0.384. The molecule has 1 atom stereocenters. The first-order valence-electron chi connectivity index (χ1n) is 12.4. The lowest BCUT2D eigenvalue weighted by atomic mass is 9.90. The summed E-state index contributed by atoms with van der Waals surface area (Å²) in [5.41, 5.74) is 1.44. The van der Waals surface area contributed by atoms with Gasteiger partial charge in [0.1, 0.15) is 17.5 Å². The molecule has 10 nitrogen and oxygen atoms in total. The van der Waals surface area contributed by atoms with Gasteiger partial charge in [0, 0.05) is 17.7 Å². The summed E-state index contributed by atoms with van der Waals surface area (Å²) < 4.78 is 18.5. The third-order valence-corrected chi connectivity index (χ3v) is 7.63. The molecule has 0 bridgehead atoms. The first-order chi connectivity index (χ1) is 19.3. The fourth-order valence-electron chi connectivity index (χ4n) is 4.80. The molecule has 3 aromatic carbocycles. The maximum atomic E-state index is 14.0. The number of carbonyl (C=O) groups is 1. The molecular weight excluding hydrogens is 534 g/mol. The summed E-state index contributed by atoms with van der Waals surface area (Å²) in [6.45, 7) is 3.57. The highest BCUT2D eigenvalue weighted by atomic mass is 32.1. The monoisotopic (exact) mass is 559 g/mol. The Kier molecular flexibility index (Phi) is 7.22. The van der Waals surface area contributed by atoms with E-state index in [9.17, 15) is 19.7 Å². The van der Waals surface area contributed by atoms with Crippen LogP contribution < -0.4 is 24.4 Å². The van der Waals surface area contributed by atoms with Gasteiger partial charge in [0.2, 0.25) is 0 Å². The molecule has 1 unspecified atom stereocenters. The number of non-ortho nitro benzene ring substituents is 1. The van der Waals surface area contributed by atoms with Gasteiger partial charge in [-0.25, -0.2) is 9.79 Å². The van der Waals surface area contributed by atoms with Crippen molar-refractivity contribution in [2.45, 2.75) is 19.9 Å². The van der Waals surface area contributed by atoms with Crippen molar-refractivity contribution >= 4 is 39.8 Å². The van der Waals surface area contributed by atoms with Crippen molar-refractivity contribution in [2.75, 3.05) is 20.8 Å². The summed E-state index contributed by atoms with van der Waals surface area (Å²) in [7, 11) is 3.10. The number of aromatic nitrogens is 1. The van der Waals surface area contributed by atoms with Gasteiger partial charge in [0.05, 0.1) is 41.6 Å². The molecule has 2 heterocycles. The molecule has 204 valence electrons. The highest BCUT2D eigenvalue weighted by Crippen LogP contribution is 2.41.